The first-order chi connectivity index (χ1) is 14.9. The van der Waals surface area contributed by atoms with E-state index in [1.807, 2.05) is 45.2 Å². The Bertz CT molecular complexity index is 1130. The zero-order valence-corrected chi connectivity index (χ0v) is 18.3. The van der Waals surface area contributed by atoms with Gasteiger partial charge in [-0.15, -0.1) is 0 Å². The number of aromatic nitrogens is 2. The number of pyridine rings is 2. The highest BCUT2D eigenvalue weighted by molar-refractivity contribution is 5.96. The van der Waals surface area contributed by atoms with E-state index in [4.69, 9.17) is 10.5 Å². The summed E-state index contributed by atoms with van der Waals surface area (Å²) in [6.45, 7) is 13.6. The van der Waals surface area contributed by atoms with Gasteiger partial charge in [-0.25, -0.2) is 9.78 Å². The van der Waals surface area contributed by atoms with Crippen LogP contribution in [0.25, 0.3) is 22.3 Å². The third-order valence-electron chi connectivity index (χ3n) is 5.64. The number of nitrogens with zero attached hydrogens (tertiary/aromatic N) is 3. The van der Waals surface area contributed by atoms with Crippen LogP contribution in [0.5, 0.6) is 0 Å². The molecule has 0 atom stereocenters. The zero-order valence-electron chi connectivity index (χ0n) is 18.3. The Labute approximate surface area is 182 Å². The average molecular weight is 420 g/mol. The van der Waals surface area contributed by atoms with E-state index in [0.717, 1.165) is 59.8 Å². The van der Waals surface area contributed by atoms with E-state index < -0.39 is 0 Å². The van der Waals surface area contributed by atoms with Crippen molar-refractivity contribution in [1.82, 2.24) is 19.6 Å². The van der Waals surface area contributed by atoms with E-state index in [1.165, 1.54) is 0 Å². The molecular formula is C24H29N5O2. The molecule has 4 rings (SSSR count). The van der Waals surface area contributed by atoms with E-state index in [0.29, 0.717) is 11.4 Å². The highest BCUT2D eigenvalue weighted by Gasteiger charge is 2.24. The first kappa shape index (κ1) is 20.9. The molecule has 3 N–H and O–H groups in total. The minimum Gasteiger partial charge on any atom is -0.459 e. The maximum atomic E-state index is 13.0. The predicted molar refractivity (Wildman–Crippen MR) is 124 cm³/mol. The van der Waals surface area contributed by atoms with Crippen LogP contribution in [-0.2, 0) is 4.74 Å². The Kier molecular flexibility index (Phi) is 5.69. The smallest absolute Gasteiger partial charge is 0.338 e. The minimum atomic E-state index is -0.327. The van der Waals surface area contributed by atoms with Crippen molar-refractivity contribution in [3.63, 3.8) is 0 Å². The fraction of sp³-hybridized carbons (Fsp3) is 0.333. The van der Waals surface area contributed by atoms with E-state index in [1.54, 1.807) is 12.3 Å². The number of rotatable bonds is 5. The summed E-state index contributed by atoms with van der Waals surface area (Å²) in [5.74, 6) is 0.143. The normalized spacial score (nSPS) is 14.3. The molecule has 0 aliphatic carbocycles. The number of carbonyl (C=O) groups is 1. The van der Waals surface area contributed by atoms with Crippen LogP contribution in [0.15, 0.2) is 43.2 Å². The molecule has 7 nitrogen and oxygen atoms in total. The molecule has 0 aromatic carbocycles. The van der Waals surface area contributed by atoms with Crippen molar-refractivity contribution in [3.05, 3.63) is 60.1 Å². The SMILES string of the molecule is C=C(c1c(C)c(C(=O)OC(C)C)cc2c(-c3ccc(N)nc3)ccn12)N1CCNCC1. The summed E-state index contributed by atoms with van der Waals surface area (Å²) in [7, 11) is 0. The van der Waals surface area contributed by atoms with E-state index in [-0.39, 0.29) is 12.1 Å². The lowest BCUT2D eigenvalue weighted by Gasteiger charge is -2.32. The quantitative estimate of drug-likeness (QED) is 0.617. The highest BCUT2D eigenvalue weighted by Crippen LogP contribution is 2.33. The molecule has 0 amide bonds. The molecule has 1 saturated heterocycles. The zero-order chi connectivity index (χ0) is 22.1. The van der Waals surface area contributed by atoms with E-state index in [2.05, 4.69) is 26.2 Å². The summed E-state index contributed by atoms with van der Waals surface area (Å²) in [6, 6.07) is 7.66. The van der Waals surface area contributed by atoms with Gasteiger partial charge in [0.25, 0.3) is 0 Å². The van der Waals surface area contributed by atoms with Crippen molar-refractivity contribution in [2.75, 3.05) is 31.9 Å². The largest absolute Gasteiger partial charge is 0.459 e. The Morgan fingerprint density at radius 3 is 2.65 bits per heavy atom. The standard InChI is InChI=1S/C24H29N5O2/c1-15(2)31-24(30)20-13-21-19(18-5-6-22(25)27-14-18)7-10-29(21)23(16(20)3)17(4)28-11-8-26-9-12-28/h5-7,10,13-15,26H,4,8-9,11-12H2,1-3H3,(H2,25,27). The second-order valence-corrected chi connectivity index (χ2v) is 8.13. The first-order valence-corrected chi connectivity index (χ1v) is 10.6. The molecule has 3 aromatic rings. The molecule has 0 unspecified atom stereocenters. The van der Waals surface area contributed by atoms with Gasteiger partial charge >= 0.3 is 5.97 Å². The average Bonchev–Trinajstić information content (AvgIpc) is 3.17. The third kappa shape index (κ3) is 4.01. The molecule has 162 valence electrons. The molecule has 1 aliphatic heterocycles. The number of carbonyl (C=O) groups excluding carboxylic acids is 1. The molecule has 0 radical (unpaired) electrons. The Morgan fingerprint density at radius 2 is 2.00 bits per heavy atom. The predicted octanol–water partition coefficient (Wildman–Crippen LogP) is 3.33. The van der Waals surface area contributed by atoms with Crippen LogP contribution in [-0.4, -0.2) is 52.5 Å². The molecule has 7 heteroatoms. The van der Waals surface area contributed by atoms with Crippen molar-refractivity contribution in [2.24, 2.45) is 0 Å². The maximum absolute atomic E-state index is 13.0. The molecule has 4 heterocycles. The van der Waals surface area contributed by atoms with Crippen LogP contribution in [0, 0.1) is 6.92 Å². The number of esters is 1. The van der Waals surface area contributed by atoms with Gasteiger partial charge in [-0.3, -0.25) is 0 Å². The highest BCUT2D eigenvalue weighted by atomic mass is 16.5. The minimum absolute atomic E-state index is 0.199. The molecule has 0 bridgehead atoms. The molecule has 1 aliphatic rings. The number of nitrogens with two attached hydrogens (primary N) is 1. The van der Waals surface area contributed by atoms with Crippen molar-refractivity contribution in [2.45, 2.75) is 26.9 Å². The fourth-order valence-electron chi connectivity index (χ4n) is 4.08. The summed E-state index contributed by atoms with van der Waals surface area (Å²) in [6.07, 6.45) is 3.57. The number of fused-ring (bicyclic) bond motifs is 1. The third-order valence-corrected chi connectivity index (χ3v) is 5.64. The van der Waals surface area contributed by atoms with Crippen molar-refractivity contribution < 1.29 is 9.53 Å². The molecule has 3 aromatic heterocycles. The lowest BCUT2D eigenvalue weighted by Crippen LogP contribution is -2.42. The van der Waals surface area contributed by atoms with E-state index >= 15 is 0 Å². The topological polar surface area (TPSA) is 84.9 Å². The lowest BCUT2D eigenvalue weighted by atomic mass is 10.0. The van der Waals surface area contributed by atoms with Crippen LogP contribution >= 0.6 is 0 Å². The van der Waals surface area contributed by atoms with Crippen LogP contribution in [0.1, 0.15) is 35.5 Å². The first-order valence-electron chi connectivity index (χ1n) is 10.6. The van der Waals surface area contributed by atoms with Gasteiger partial charge < -0.3 is 25.1 Å². The number of ether oxygens (including phenoxy) is 1. The lowest BCUT2D eigenvalue weighted by molar-refractivity contribution is 0.0377. The van der Waals surface area contributed by atoms with Crippen LogP contribution < -0.4 is 11.1 Å². The molecule has 0 spiro atoms. The fourth-order valence-corrected chi connectivity index (χ4v) is 4.08. The number of nitrogen functional groups attached to an aromatic ring is 1. The van der Waals surface area contributed by atoms with Gasteiger partial charge in [-0.2, -0.15) is 0 Å². The number of piperazine rings is 1. The monoisotopic (exact) mass is 419 g/mol. The van der Waals surface area contributed by atoms with Gasteiger partial charge in [0, 0.05) is 49.7 Å². The van der Waals surface area contributed by atoms with Crippen molar-refractivity contribution in [1.29, 1.82) is 0 Å². The van der Waals surface area contributed by atoms with Gasteiger partial charge in [-0.1, -0.05) is 6.58 Å². The molecular weight excluding hydrogens is 390 g/mol. The van der Waals surface area contributed by atoms with Crippen molar-refractivity contribution in [3.8, 4) is 11.1 Å². The summed E-state index contributed by atoms with van der Waals surface area (Å²) >= 11 is 0. The number of nitrogens with one attached hydrogen (secondary N) is 1. The second-order valence-electron chi connectivity index (χ2n) is 8.13. The maximum Gasteiger partial charge on any atom is 0.338 e. The summed E-state index contributed by atoms with van der Waals surface area (Å²) in [5, 5.41) is 3.37. The molecule has 1 fully saturated rings. The Balaban J connectivity index is 1.91. The van der Waals surface area contributed by atoms with Gasteiger partial charge in [-0.05, 0) is 50.6 Å². The second kappa shape index (κ2) is 8.43. The van der Waals surface area contributed by atoms with Gasteiger partial charge in [0.15, 0.2) is 0 Å². The summed E-state index contributed by atoms with van der Waals surface area (Å²) < 4.78 is 7.66. The number of hydrogen-bond donors (Lipinski definition) is 2. The molecule has 31 heavy (non-hydrogen) atoms. The Morgan fingerprint density at radius 1 is 1.26 bits per heavy atom. The molecule has 0 saturated carbocycles. The number of anilines is 1. The van der Waals surface area contributed by atoms with Crippen LogP contribution in [0.3, 0.4) is 0 Å². The summed E-state index contributed by atoms with van der Waals surface area (Å²) in [5.41, 5.74) is 11.8. The van der Waals surface area contributed by atoms with Gasteiger partial charge in [0.05, 0.1) is 28.6 Å². The summed E-state index contributed by atoms with van der Waals surface area (Å²) in [4.78, 5) is 19.5. The van der Waals surface area contributed by atoms with Gasteiger partial charge in [0.1, 0.15) is 5.82 Å². The van der Waals surface area contributed by atoms with Crippen LogP contribution in [0.2, 0.25) is 0 Å². The number of hydrogen-bond acceptors (Lipinski definition) is 6. The Hall–Kier alpha value is -3.32. The van der Waals surface area contributed by atoms with E-state index in [9.17, 15) is 4.79 Å². The van der Waals surface area contributed by atoms with Crippen molar-refractivity contribution >= 4 is 23.0 Å². The van der Waals surface area contributed by atoms with Gasteiger partial charge in [0.2, 0.25) is 0 Å². The van der Waals surface area contributed by atoms with Crippen LogP contribution in [0.4, 0.5) is 5.82 Å².